The highest BCUT2D eigenvalue weighted by molar-refractivity contribution is 5.91. The fourth-order valence-corrected chi connectivity index (χ4v) is 3.62. The molecule has 0 aliphatic carbocycles. The Bertz CT molecular complexity index is 732. The molecule has 5 nitrogen and oxygen atoms in total. The summed E-state index contributed by atoms with van der Waals surface area (Å²) in [5.41, 5.74) is 1.11. The molecule has 4 heterocycles. The number of hydrogen-bond acceptors (Lipinski definition) is 3. The molecule has 108 valence electrons. The molecular weight excluding hydrogens is 268 g/mol. The van der Waals surface area contributed by atoms with Gasteiger partial charge in [-0.15, -0.1) is 0 Å². The summed E-state index contributed by atoms with van der Waals surface area (Å²) in [7, 11) is 0. The first-order valence-corrected chi connectivity index (χ1v) is 7.25. The Kier molecular flexibility index (Phi) is 2.74. The van der Waals surface area contributed by atoms with E-state index in [0.717, 1.165) is 12.1 Å². The molecule has 21 heavy (non-hydrogen) atoms. The van der Waals surface area contributed by atoms with Crippen LogP contribution in [0.3, 0.4) is 0 Å². The van der Waals surface area contributed by atoms with Gasteiger partial charge in [-0.05, 0) is 30.5 Å². The summed E-state index contributed by atoms with van der Waals surface area (Å²) in [4.78, 5) is 26.3. The lowest BCUT2D eigenvalue weighted by molar-refractivity contribution is 0.0564. The molecule has 2 aliphatic heterocycles. The molecule has 1 amide bonds. The van der Waals surface area contributed by atoms with Crippen LogP contribution in [0.5, 0.6) is 0 Å². The predicted octanol–water partition coefficient (Wildman–Crippen LogP) is 1.70. The molecule has 2 aromatic rings. The molecule has 0 spiro atoms. The minimum absolute atomic E-state index is 0.0542. The molecule has 0 radical (unpaired) electrons. The maximum Gasteiger partial charge on any atom is 0.289 e. The van der Waals surface area contributed by atoms with Crippen LogP contribution in [0.15, 0.2) is 45.8 Å². The lowest BCUT2D eigenvalue weighted by Gasteiger charge is -2.42. The number of aromatic nitrogens is 1. The largest absolute Gasteiger partial charge is 0.459 e. The number of carbonyl (C=O) groups is 1. The standard InChI is InChI=1S/C16H16N2O3/c19-15-5-1-3-13-12-7-11(9-18(13)15)8-17(10-12)16(20)14-4-2-6-21-14/h1-6,11-12H,7-10H2/t11-,12+/m0/s1. The average Bonchev–Trinajstić information content (AvgIpc) is 3.02. The van der Waals surface area contributed by atoms with E-state index in [4.69, 9.17) is 4.42 Å². The van der Waals surface area contributed by atoms with Crippen molar-refractivity contribution < 1.29 is 9.21 Å². The van der Waals surface area contributed by atoms with E-state index in [9.17, 15) is 9.59 Å². The number of carbonyl (C=O) groups excluding carboxylic acids is 1. The summed E-state index contributed by atoms with van der Waals surface area (Å²) in [5.74, 6) is 0.919. The highest BCUT2D eigenvalue weighted by atomic mass is 16.3. The van der Waals surface area contributed by atoms with Gasteiger partial charge in [-0.25, -0.2) is 0 Å². The fraction of sp³-hybridized carbons (Fsp3) is 0.375. The molecule has 0 unspecified atom stereocenters. The minimum atomic E-state index is -0.0542. The van der Waals surface area contributed by atoms with Crippen LogP contribution in [-0.2, 0) is 6.54 Å². The zero-order valence-corrected chi connectivity index (χ0v) is 11.6. The van der Waals surface area contributed by atoms with Crippen molar-refractivity contribution >= 4 is 5.91 Å². The molecule has 2 bridgehead atoms. The van der Waals surface area contributed by atoms with E-state index in [2.05, 4.69) is 0 Å². The summed E-state index contributed by atoms with van der Waals surface area (Å²) < 4.78 is 7.08. The second-order valence-electron chi connectivity index (χ2n) is 5.89. The lowest BCUT2D eigenvalue weighted by Crippen LogP contribution is -2.49. The highest BCUT2D eigenvalue weighted by Gasteiger charge is 2.36. The molecule has 5 heteroatoms. The van der Waals surface area contributed by atoms with Gasteiger partial charge in [-0.1, -0.05) is 6.07 Å². The van der Waals surface area contributed by atoms with Gasteiger partial charge in [0.25, 0.3) is 11.5 Å². The van der Waals surface area contributed by atoms with Gasteiger partial charge in [-0.2, -0.15) is 0 Å². The van der Waals surface area contributed by atoms with Crippen LogP contribution in [-0.4, -0.2) is 28.5 Å². The van der Waals surface area contributed by atoms with Gasteiger partial charge in [0.05, 0.1) is 6.26 Å². The molecule has 1 fully saturated rings. The van der Waals surface area contributed by atoms with Crippen LogP contribution >= 0.6 is 0 Å². The monoisotopic (exact) mass is 284 g/mol. The van der Waals surface area contributed by atoms with Crippen molar-refractivity contribution in [3.8, 4) is 0 Å². The summed E-state index contributed by atoms with van der Waals surface area (Å²) in [5, 5.41) is 0. The zero-order valence-electron chi connectivity index (χ0n) is 11.6. The van der Waals surface area contributed by atoms with E-state index in [0.29, 0.717) is 31.3 Å². The summed E-state index contributed by atoms with van der Waals surface area (Å²) in [6.45, 7) is 2.05. The second kappa shape index (κ2) is 4.62. The van der Waals surface area contributed by atoms with Crippen molar-refractivity contribution in [3.05, 3.63) is 58.4 Å². The van der Waals surface area contributed by atoms with E-state index >= 15 is 0 Å². The van der Waals surface area contributed by atoms with Crippen LogP contribution in [0, 0.1) is 5.92 Å². The topological polar surface area (TPSA) is 55.5 Å². The first kappa shape index (κ1) is 12.4. The molecule has 4 rings (SSSR count). The van der Waals surface area contributed by atoms with Gasteiger partial charge in [0.1, 0.15) is 0 Å². The van der Waals surface area contributed by atoms with Crippen LogP contribution in [0.1, 0.15) is 28.6 Å². The van der Waals surface area contributed by atoms with Crippen molar-refractivity contribution in [2.45, 2.75) is 18.9 Å². The zero-order chi connectivity index (χ0) is 14.4. The molecule has 0 saturated carbocycles. The number of likely N-dealkylation sites (tertiary alicyclic amines) is 1. The molecule has 0 N–H and O–H groups in total. The molecule has 1 saturated heterocycles. The maximum atomic E-state index is 12.4. The summed E-state index contributed by atoms with van der Waals surface area (Å²) >= 11 is 0. The fourth-order valence-electron chi connectivity index (χ4n) is 3.62. The molecule has 0 aromatic carbocycles. The SMILES string of the molecule is O=C(c1ccco1)N1C[C@@H]2C[C@H](C1)c1cccc(=O)n1C2. The number of nitrogens with zero attached hydrogens (tertiary/aromatic N) is 2. The van der Waals surface area contributed by atoms with Crippen molar-refractivity contribution in [2.24, 2.45) is 5.92 Å². The van der Waals surface area contributed by atoms with Crippen LogP contribution in [0.2, 0.25) is 0 Å². The van der Waals surface area contributed by atoms with Gasteiger partial charge in [0.2, 0.25) is 0 Å². The van der Waals surface area contributed by atoms with Gasteiger partial charge < -0.3 is 13.9 Å². The van der Waals surface area contributed by atoms with E-state index in [1.807, 2.05) is 21.6 Å². The van der Waals surface area contributed by atoms with E-state index in [1.54, 1.807) is 18.2 Å². The smallest absolute Gasteiger partial charge is 0.289 e. The third-order valence-electron chi connectivity index (χ3n) is 4.50. The minimum Gasteiger partial charge on any atom is -0.459 e. The van der Waals surface area contributed by atoms with Crippen molar-refractivity contribution in [1.29, 1.82) is 0 Å². The second-order valence-corrected chi connectivity index (χ2v) is 5.89. The number of amides is 1. The average molecular weight is 284 g/mol. The quantitative estimate of drug-likeness (QED) is 0.801. The van der Waals surface area contributed by atoms with E-state index in [-0.39, 0.29) is 17.4 Å². The van der Waals surface area contributed by atoms with Gasteiger partial charge in [0.15, 0.2) is 5.76 Å². The van der Waals surface area contributed by atoms with Crippen molar-refractivity contribution in [2.75, 3.05) is 13.1 Å². The molecule has 2 aromatic heterocycles. The Balaban J connectivity index is 1.65. The predicted molar refractivity (Wildman–Crippen MR) is 76.2 cm³/mol. The Labute approximate surface area is 121 Å². The Morgan fingerprint density at radius 2 is 2.05 bits per heavy atom. The van der Waals surface area contributed by atoms with E-state index in [1.165, 1.54) is 6.26 Å². The molecular formula is C16H16N2O3. The summed E-state index contributed by atoms with van der Waals surface area (Å²) in [6, 6.07) is 8.85. The van der Waals surface area contributed by atoms with Gasteiger partial charge in [0, 0.05) is 37.3 Å². The third-order valence-corrected chi connectivity index (χ3v) is 4.50. The van der Waals surface area contributed by atoms with Crippen LogP contribution in [0.4, 0.5) is 0 Å². The Morgan fingerprint density at radius 1 is 1.14 bits per heavy atom. The molecule has 2 atom stereocenters. The van der Waals surface area contributed by atoms with Crippen LogP contribution in [0.25, 0.3) is 0 Å². The first-order chi connectivity index (χ1) is 10.2. The normalized spacial score (nSPS) is 23.7. The van der Waals surface area contributed by atoms with Crippen molar-refractivity contribution in [3.63, 3.8) is 0 Å². The van der Waals surface area contributed by atoms with Crippen LogP contribution < -0.4 is 5.56 Å². The number of rotatable bonds is 1. The molecule has 2 aliphatic rings. The van der Waals surface area contributed by atoms with Gasteiger partial charge >= 0.3 is 0 Å². The van der Waals surface area contributed by atoms with Gasteiger partial charge in [-0.3, -0.25) is 9.59 Å². The summed E-state index contributed by atoms with van der Waals surface area (Å²) in [6.07, 6.45) is 2.57. The number of piperidine rings is 1. The van der Waals surface area contributed by atoms with E-state index < -0.39 is 0 Å². The lowest BCUT2D eigenvalue weighted by atomic mass is 9.83. The first-order valence-electron chi connectivity index (χ1n) is 7.25. The number of pyridine rings is 1. The number of furan rings is 1. The Morgan fingerprint density at radius 3 is 2.86 bits per heavy atom. The Hall–Kier alpha value is -2.30. The highest BCUT2D eigenvalue weighted by Crippen LogP contribution is 2.35. The third kappa shape index (κ3) is 2.00. The maximum absolute atomic E-state index is 12.4. The number of fused-ring (bicyclic) bond motifs is 4. The number of hydrogen-bond donors (Lipinski definition) is 0. The van der Waals surface area contributed by atoms with Crippen molar-refractivity contribution in [1.82, 2.24) is 9.47 Å².